The fourth-order valence-corrected chi connectivity index (χ4v) is 2.13. The number of imidazole rings is 1. The number of aromatic nitrogens is 2. The van der Waals surface area contributed by atoms with Crippen molar-refractivity contribution in [3.05, 3.63) is 17.7 Å². The van der Waals surface area contributed by atoms with Gasteiger partial charge >= 0.3 is 5.97 Å². The zero-order valence-corrected chi connectivity index (χ0v) is 12.2. The molecule has 1 fully saturated rings. The van der Waals surface area contributed by atoms with Gasteiger partial charge in [0.1, 0.15) is 11.5 Å². The summed E-state index contributed by atoms with van der Waals surface area (Å²) in [5.41, 5.74) is -0.0770. The molecule has 6 nitrogen and oxygen atoms in total. The highest BCUT2D eigenvalue weighted by Gasteiger charge is 2.51. The number of esters is 1. The molecule has 6 heteroatoms. The fourth-order valence-electron chi connectivity index (χ4n) is 2.13. The zero-order chi connectivity index (χ0) is 14.8. The van der Waals surface area contributed by atoms with E-state index in [1.807, 2.05) is 0 Å². The van der Waals surface area contributed by atoms with Crippen LogP contribution in [0.5, 0.6) is 0 Å². The number of carbonyl (C=O) groups is 2. The smallest absolute Gasteiger partial charge is 0.313 e. The van der Waals surface area contributed by atoms with Crippen LogP contribution in [-0.4, -0.2) is 35.5 Å². The van der Waals surface area contributed by atoms with Gasteiger partial charge in [-0.2, -0.15) is 0 Å². The molecule has 0 atom stereocenters. The Morgan fingerprint density at radius 3 is 2.75 bits per heavy atom. The van der Waals surface area contributed by atoms with Crippen LogP contribution in [0, 0.1) is 11.3 Å². The number of nitrogens with one attached hydrogen (secondary N) is 2. The molecule has 0 spiro atoms. The third-order valence-corrected chi connectivity index (χ3v) is 3.53. The molecular formula is C14H21N3O3. The van der Waals surface area contributed by atoms with E-state index >= 15 is 0 Å². The summed E-state index contributed by atoms with van der Waals surface area (Å²) >= 11 is 0. The summed E-state index contributed by atoms with van der Waals surface area (Å²) in [5.74, 6) is 0.802. The molecule has 20 heavy (non-hydrogen) atoms. The van der Waals surface area contributed by atoms with Crippen LogP contribution in [-0.2, 0) is 16.0 Å². The first-order valence-corrected chi connectivity index (χ1v) is 6.87. The SMILES string of the molecule is COC(=O)C1(CNC(=O)c2cnc(CC(C)C)[nH]2)CC1. The van der Waals surface area contributed by atoms with E-state index in [1.165, 1.54) is 13.3 Å². The fraction of sp³-hybridized carbons (Fsp3) is 0.643. The molecule has 0 unspecified atom stereocenters. The van der Waals surface area contributed by atoms with Crippen molar-refractivity contribution in [1.29, 1.82) is 0 Å². The predicted octanol–water partition coefficient (Wildman–Crippen LogP) is 1.29. The number of methoxy groups -OCH3 is 1. The Bertz CT molecular complexity index is 504. The lowest BCUT2D eigenvalue weighted by atomic mass is 10.1. The molecule has 1 aromatic heterocycles. The van der Waals surface area contributed by atoms with E-state index in [4.69, 9.17) is 4.74 Å². The number of H-pyrrole nitrogens is 1. The van der Waals surface area contributed by atoms with Gasteiger partial charge in [-0.1, -0.05) is 13.8 Å². The highest BCUT2D eigenvalue weighted by Crippen LogP contribution is 2.46. The van der Waals surface area contributed by atoms with Crippen molar-refractivity contribution in [2.75, 3.05) is 13.7 Å². The Kier molecular flexibility index (Phi) is 4.11. The van der Waals surface area contributed by atoms with Gasteiger partial charge in [0.25, 0.3) is 5.91 Å². The van der Waals surface area contributed by atoms with E-state index < -0.39 is 5.41 Å². The van der Waals surface area contributed by atoms with Crippen LogP contribution in [0.1, 0.15) is 43.0 Å². The maximum atomic E-state index is 12.0. The van der Waals surface area contributed by atoms with Crippen molar-refractivity contribution in [3.8, 4) is 0 Å². The van der Waals surface area contributed by atoms with Crippen LogP contribution in [0.15, 0.2) is 6.20 Å². The van der Waals surface area contributed by atoms with Gasteiger partial charge in [0.05, 0.1) is 18.7 Å². The Morgan fingerprint density at radius 1 is 1.50 bits per heavy atom. The second-order valence-corrected chi connectivity index (χ2v) is 5.80. The van der Waals surface area contributed by atoms with Crippen molar-refractivity contribution in [1.82, 2.24) is 15.3 Å². The molecule has 1 aromatic rings. The Morgan fingerprint density at radius 2 is 2.20 bits per heavy atom. The average Bonchev–Trinajstić information content (AvgIpc) is 3.07. The summed E-state index contributed by atoms with van der Waals surface area (Å²) in [7, 11) is 1.37. The molecule has 2 N–H and O–H groups in total. The van der Waals surface area contributed by atoms with Gasteiger partial charge in [0.2, 0.25) is 0 Å². The molecule has 1 heterocycles. The van der Waals surface area contributed by atoms with Crippen LogP contribution >= 0.6 is 0 Å². The van der Waals surface area contributed by atoms with Gasteiger partial charge < -0.3 is 15.0 Å². The van der Waals surface area contributed by atoms with E-state index in [2.05, 4.69) is 29.1 Å². The molecular weight excluding hydrogens is 258 g/mol. The minimum Gasteiger partial charge on any atom is -0.469 e. The molecule has 2 rings (SSSR count). The standard InChI is InChI=1S/C14H21N3O3/c1-9(2)6-11-15-7-10(17-11)12(18)16-8-14(4-5-14)13(19)20-3/h7,9H,4-6,8H2,1-3H3,(H,15,17)(H,16,18). The molecule has 0 radical (unpaired) electrons. The molecule has 1 saturated carbocycles. The topological polar surface area (TPSA) is 84.1 Å². The number of nitrogens with zero attached hydrogens (tertiary/aromatic N) is 1. The maximum absolute atomic E-state index is 12.0. The number of aromatic amines is 1. The lowest BCUT2D eigenvalue weighted by Crippen LogP contribution is -2.35. The summed E-state index contributed by atoms with van der Waals surface area (Å²) < 4.78 is 4.75. The maximum Gasteiger partial charge on any atom is 0.313 e. The summed E-state index contributed by atoms with van der Waals surface area (Å²) in [6.07, 6.45) is 3.87. The third kappa shape index (κ3) is 3.18. The van der Waals surface area contributed by atoms with E-state index in [-0.39, 0.29) is 11.9 Å². The molecule has 110 valence electrons. The monoisotopic (exact) mass is 279 g/mol. The lowest BCUT2D eigenvalue weighted by molar-refractivity contribution is -0.146. The van der Waals surface area contributed by atoms with Crippen LogP contribution in [0.25, 0.3) is 0 Å². The molecule has 1 aliphatic rings. The number of hydrogen-bond acceptors (Lipinski definition) is 4. The first-order valence-electron chi connectivity index (χ1n) is 6.87. The summed E-state index contributed by atoms with van der Waals surface area (Å²) in [4.78, 5) is 30.8. The average molecular weight is 279 g/mol. The van der Waals surface area contributed by atoms with Crippen molar-refractivity contribution in [3.63, 3.8) is 0 Å². The van der Waals surface area contributed by atoms with E-state index in [9.17, 15) is 9.59 Å². The number of hydrogen-bond donors (Lipinski definition) is 2. The van der Waals surface area contributed by atoms with Gasteiger partial charge in [-0.3, -0.25) is 9.59 Å². The molecule has 0 aromatic carbocycles. The number of ether oxygens (including phenoxy) is 1. The first kappa shape index (κ1) is 14.6. The van der Waals surface area contributed by atoms with Crippen molar-refractivity contribution in [2.24, 2.45) is 11.3 Å². The Balaban J connectivity index is 1.89. The first-order chi connectivity index (χ1) is 9.47. The van der Waals surface area contributed by atoms with Gasteiger partial charge in [0, 0.05) is 13.0 Å². The van der Waals surface area contributed by atoms with Crippen LogP contribution in [0.2, 0.25) is 0 Å². The third-order valence-electron chi connectivity index (χ3n) is 3.53. The summed E-state index contributed by atoms with van der Waals surface area (Å²) in [6, 6.07) is 0. The van der Waals surface area contributed by atoms with E-state index in [0.29, 0.717) is 18.2 Å². The van der Waals surface area contributed by atoms with Gasteiger partial charge in [-0.25, -0.2) is 4.98 Å². The quantitative estimate of drug-likeness (QED) is 0.769. The largest absolute Gasteiger partial charge is 0.469 e. The summed E-state index contributed by atoms with van der Waals surface area (Å²) in [6.45, 7) is 4.50. The van der Waals surface area contributed by atoms with Crippen molar-refractivity contribution >= 4 is 11.9 Å². The van der Waals surface area contributed by atoms with Gasteiger partial charge in [-0.05, 0) is 18.8 Å². The van der Waals surface area contributed by atoms with E-state index in [1.54, 1.807) is 0 Å². The van der Waals surface area contributed by atoms with Crippen molar-refractivity contribution < 1.29 is 14.3 Å². The Hall–Kier alpha value is -1.85. The van der Waals surface area contributed by atoms with Crippen LogP contribution < -0.4 is 5.32 Å². The number of amides is 1. The van der Waals surface area contributed by atoms with E-state index in [0.717, 1.165) is 25.1 Å². The lowest BCUT2D eigenvalue weighted by Gasteiger charge is -2.12. The molecule has 0 saturated heterocycles. The minimum absolute atomic E-state index is 0.234. The highest BCUT2D eigenvalue weighted by atomic mass is 16.5. The molecule has 0 bridgehead atoms. The van der Waals surface area contributed by atoms with Gasteiger partial charge in [-0.15, -0.1) is 0 Å². The second-order valence-electron chi connectivity index (χ2n) is 5.80. The predicted molar refractivity (Wildman–Crippen MR) is 73.1 cm³/mol. The normalized spacial score (nSPS) is 16.0. The molecule has 1 amide bonds. The minimum atomic E-state index is -0.509. The van der Waals surface area contributed by atoms with Crippen LogP contribution in [0.4, 0.5) is 0 Å². The van der Waals surface area contributed by atoms with Gasteiger partial charge in [0.15, 0.2) is 0 Å². The molecule has 1 aliphatic carbocycles. The number of rotatable bonds is 6. The Labute approximate surface area is 118 Å². The van der Waals surface area contributed by atoms with Crippen molar-refractivity contribution in [2.45, 2.75) is 33.1 Å². The second kappa shape index (κ2) is 5.64. The van der Waals surface area contributed by atoms with Crippen LogP contribution in [0.3, 0.4) is 0 Å². The molecule has 0 aliphatic heterocycles. The highest BCUT2D eigenvalue weighted by molar-refractivity contribution is 5.92. The number of carbonyl (C=O) groups excluding carboxylic acids is 2. The summed E-state index contributed by atoms with van der Waals surface area (Å²) in [5, 5.41) is 2.77. The zero-order valence-electron chi connectivity index (χ0n) is 12.2.